The maximum Gasteiger partial charge on any atom is 0.139 e. The van der Waals surface area contributed by atoms with Crippen LogP contribution in [-0.4, -0.2) is 11.7 Å². The minimum Gasteiger partial charge on any atom is -0.506 e. The first kappa shape index (κ1) is 14.6. The predicted octanol–water partition coefficient (Wildman–Crippen LogP) is 3.89. The van der Waals surface area contributed by atoms with Gasteiger partial charge in [0.05, 0.1) is 5.69 Å². The molecule has 0 aliphatic carbocycles. The molecule has 5 heteroatoms. The Hall–Kier alpha value is -1.78. The summed E-state index contributed by atoms with van der Waals surface area (Å²) < 4.78 is 19.7. The van der Waals surface area contributed by atoms with E-state index in [-0.39, 0.29) is 17.0 Å². The number of phenolic OH excluding ortho intramolecular Hbond substituents is 1. The Morgan fingerprint density at radius 1 is 1.25 bits per heavy atom. The molecule has 2 aromatic carbocycles. The van der Waals surface area contributed by atoms with Crippen molar-refractivity contribution in [2.24, 2.45) is 0 Å². The van der Waals surface area contributed by atoms with E-state index < -0.39 is 11.9 Å². The van der Waals surface area contributed by atoms with E-state index in [9.17, 15) is 9.50 Å². The quantitative estimate of drug-likeness (QED) is 0.664. The van der Waals surface area contributed by atoms with Crippen LogP contribution >= 0.6 is 11.6 Å². The Kier molecular flexibility index (Phi) is 4.47. The first-order valence-electron chi connectivity index (χ1n) is 6.18. The zero-order chi connectivity index (χ0) is 14.7. The highest BCUT2D eigenvalue weighted by atomic mass is 35.5. The molecule has 0 amide bonds. The summed E-state index contributed by atoms with van der Waals surface area (Å²) in [5, 5.41) is 10.2. The summed E-state index contributed by atoms with van der Waals surface area (Å²) in [6, 6.07) is 9.26. The number of anilines is 1. The molecule has 0 aliphatic rings. The van der Waals surface area contributed by atoms with Gasteiger partial charge in [0.25, 0.3) is 0 Å². The molecule has 0 radical (unpaired) electrons. The average molecular weight is 296 g/mol. The summed E-state index contributed by atoms with van der Waals surface area (Å²) in [5.74, 6) is -0.686. The summed E-state index contributed by atoms with van der Waals surface area (Å²) in [4.78, 5) is 0. The Balaban J connectivity index is 2.54. The van der Waals surface area contributed by atoms with Gasteiger partial charge >= 0.3 is 0 Å². The molecule has 3 N–H and O–H groups in total. The maximum atomic E-state index is 14.1. The van der Waals surface area contributed by atoms with Gasteiger partial charge in [-0.15, -0.1) is 0 Å². The third-order valence-corrected chi connectivity index (χ3v) is 3.23. The van der Waals surface area contributed by atoms with E-state index in [1.165, 1.54) is 12.1 Å². The van der Waals surface area contributed by atoms with Crippen molar-refractivity contribution >= 4 is 17.3 Å². The van der Waals surface area contributed by atoms with Crippen LogP contribution in [0.15, 0.2) is 36.4 Å². The van der Waals surface area contributed by atoms with Gasteiger partial charge in [-0.2, -0.15) is 0 Å². The molecule has 106 valence electrons. The molecule has 2 rings (SSSR count). The molecule has 0 fully saturated rings. The number of aromatic hydroxyl groups is 1. The van der Waals surface area contributed by atoms with E-state index in [0.717, 1.165) is 0 Å². The topological polar surface area (TPSA) is 55.5 Å². The van der Waals surface area contributed by atoms with Gasteiger partial charge < -0.3 is 15.6 Å². The standard InChI is InChI=1S/C15H15ClFNO2/c1-2-20-15(9-3-5-10(16)6-4-9)13-11(17)7-8-12(19)14(13)18/h3-8,15,19H,2,18H2,1H3. The lowest BCUT2D eigenvalue weighted by atomic mass is 9.98. The Labute approximate surface area is 121 Å². The fourth-order valence-corrected chi connectivity index (χ4v) is 2.14. The fraction of sp³-hybridized carbons (Fsp3) is 0.200. The SMILES string of the molecule is CCOC(c1ccc(Cl)cc1)c1c(F)ccc(O)c1N. The predicted molar refractivity (Wildman–Crippen MR) is 77.4 cm³/mol. The van der Waals surface area contributed by atoms with Crippen LogP contribution < -0.4 is 5.73 Å². The molecular formula is C15H15ClFNO2. The summed E-state index contributed by atoms with van der Waals surface area (Å²) in [6.07, 6.45) is -0.690. The molecule has 0 aromatic heterocycles. The molecule has 1 unspecified atom stereocenters. The van der Waals surface area contributed by atoms with Gasteiger partial charge in [-0.1, -0.05) is 23.7 Å². The lowest BCUT2D eigenvalue weighted by Crippen LogP contribution is -2.11. The first-order chi connectivity index (χ1) is 9.54. The number of ether oxygens (including phenoxy) is 1. The van der Waals surface area contributed by atoms with Gasteiger partial charge in [0.15, 0.2) is 0 Å². The van der Waals surface area contributed by atoms with Crippen LogP contribution in [-0.2, 0) is 4.74 Å². The number of benzene rings is 2. The number of nitrogen functional groups attached to an aromatic ring is 1. The average Bonchev–Trinajstić information content (AvgIpc) is 2.43. The van der Waals surface area contributed by atoms with Crippen LogP contribution in [0.4, 0.5) is 10.1 Å². The molecular weight excluding hydrogens is 281 g/mol. The summed E-state index contributed by atoms with van der Waals surface area (Å²) in [5.41, 5.74) is 6.62. The Morgan fingerprint density at radius 2 is 1.90 bits per heavy atom. The van der Waals surface area contributed by atoms with Crippen molar-refractivity contribution in [3.05, 3.63) is 58.4 Å². The molecule has 0 spiro atoms. The molecule has 0 heterocycles. The minimum absolute atomic E-state index is 0.0154. The number of hydrogen-bond donors (Lipinski definition) is 2. The van der Waals surface area contributed by atoms with Gasteiger partial charge in [-0.25, -0.2) is 4.39 Å². The van der Waals surface area contributed by atoms with Crippen molar-refractivity contribution < 1.29 is 14.2 Å². The third kappa shape index (κ3) is 2.86. The molecule has 0 saturated heterocycles. The zero-order valence-electron chi connectivity index (χ0n) is 10.9. The van der Waals surface area contributed by atoms with Crippen molar-refractivity contribution in [1.82, 2.24) is 0 Å². The molecule has 20 heavy (non-hydrogen) atoms. The summed E-state index contributed by atoms with van der Waals surface area (Å²) >= 11 is 5.85. The largest absolute Gasteiger partial charge is 0.506 e. The normalized spacial score (nSPS) is 12.3. The van der Waals surface area contributed by atoms with Crippen LogP contribution in [0.5, 0.6) is 5.75 Å². The molecule has 1 atom stereocenters. The van der Waals surface area contributed by atoms with Crippen LogP contribution in [0.2, 0.25) is 5.02 Å². The first-order valence-corrected chi connectivity index (χ1v) is 6.56. The second-order valence-corrected chi connectivity index (χ2v) is 4.72. The second kappa shape index (κ2) is 6.11. The van der Waals surface area contributed by atoms with Crippen molar-refractivity contribution in [3.63, 3.8) is 0 Å². The van der Waals surface area contributed by atoms with Crippen LogP contribution in [0.1, 0.15) is 24.2 Å². The minimum atomic E-state index is -0.690. The van der Waals surface area contributed by atoms with Crippen molar-refractivity contribution in [2.45, 2.75) is 13.0 Å². The fourth-order valence-electron chi connectivity index (χ4n) is 2.02. The van der Waals surface area contributed by atoms with Gasteiger partial charge in [0.1, 0.15) is 17.7 Å². The van der Waals surface area contributed by atoms with Gasteiger partial charge in [0, 0.05) is 17.2 Å². The number of rotatable bonds is 4. The van der Waals surface area contributed by atoms with Gasteiger partial charge in [-0.3, -0.25) is 0 Å². The molecule has 2 aromatic rings. The van der Waals surface area contributed by atoms with Gasteiger partial charge in [0.2, 0.25) is 0 Å². The van der Waals surface area contributed by atoms with E-state index in [2.05, 4.69) is 0 Å². The van der Waals surface area contributed by atoms with E-state index in [0.29, 0.717) is 17.2 Å². The summed E-state index contributed by atoms with van der Waals surface area (Å²) in [6.45, 7) is 2.18. The number of phenols is 1. The van der Waals surface area contributed by atoms with E-state index >= 15 is 0 Å². The highest BCUT2D eigenvalue weighted by Gasteiger charge is 2.23. The van der Waals surface area contributed by atoms with Crippen LogP contribution in [0, 0.1) is 5.82 Å². The number of nitrogens with two attached hydrogens (primary N) is 1. The van der Waals surface area contributed by atoms with Crippen LogP contribution in [0.3, 0.4) is 0 Å². The molecule has 3 nitrogen and oxygen atoms in total. The molecule has 0 aliphatic heterocycles. The smallest absolute Gasteiger partial charge is 0.139 e. The van der Waals surface area contributed by atoms with Crippen LogP contribution in [0.25, 0.3) is 0 Å². The Morgan fingerprint density at radius 3 is 2.50 bits per heavy atom. The van der Waals surface area contributed by atoms with E-state index in [4.69, 9.17) is 22.1 Å². The second-order valence-electron chi connectivity index (χ2n) is 4.28. The highest BCUT2D eigenvalue weighted by Crippen LogP contribution is 2.36. The van der Waals surface area contributed by atoms with Crippen molar-refractivity contribution in [3.8, 4) is 5.75 Å². The zero-order valence-corrected chi connectivity index (χ0v) is 11.7. The highest BCUT2D eigenvalue weighted by molar-refractivity contribution is 6.30. The lowest BCUT2D eigenvalue weighted by Gasteiger charge is -2.21. The molecule has 0 bridgehead atoms. The molecule has 0 saturated carbocycles. The lowest BCUT2D eigenvalue weighted by molar-refractivity contribution is 0.0891. The van der Waals surface area contributed by atoms with E-state index in [1.807, 2.05) is 0 Å². The number of halogens is 2. The van der Waals surface area contributed by atoms with Crippen molar-refractivity contribution in [2.75, 3.05) is 12.3 Å². The summed E-state index contributed by atoms with van der Waals surface area (Å²) in [7, 11) is 0. The van der Waals surface area contributed by atoms with Crippen molar-refractivity contribution in [1.29, 1.82) is 0 Å². The number of hydrogen-bond acceptors (Lipinski definition) is 3. The maximum absolute atomic E-state index is 14.1. The van der Waals surface area contributed by atoms with E-state index in [1.54, 1.807) is 31.2 Å². The monoisotopic (exact) mass is 295 g/mol. The Bertz CT molecular complexity index is 602. The van der Waals surface area contributed by atoms with Gasteiger partial charge in [-0.05, 0) is 36.8 Å². The third-order valence-electron chi connectivity index (χ3n) is 2.98.